The molecule has 0 aliphatic rings. The van der Waals surface area contributed by atoms with Gasteiger partial charge in [-0.15, -0.1) is 0 Å². The predicted octanol–water partition coefficient (Wildman–Crippen LogP) is 1.72. The highest BCUT2D eigenvalue weighted by molar-refractivity contribution is 6.14. The molecule has 0 aliphatic heterocycles. The van der Waals surface area contributed by atoms with Gasteiger partial charge in [-0.3, -0.25) is 14.6 Å². The first kappa shape index (κ1) is 15.5. The summed E-state index contributed by atoms with van der Waals surface area (Å²) in [4.78, 5) is 40.3. The molecule has 0 saturated carbocycles. The molecule has 1 heterocycles. The number of aromatic nitrogens is 1. The number of ketones is 1. The van der Waals surface area contributed by atoms with Crippen LogP contribution in [0.25, 0.3) is 0 Å². The average molecular weight is 300 g/mol. The van der Waals surface area contributed by atoms with Crippen LogP contribution in [0.5, 0.6) is 0 Å². The molecule has 0 N–H and O–H groups in total. The van der Waals surface area contributed by atoms with Crippen molar-refractivity contribution in [2.45, 2.75) is 0 Å². The number of amides is 1. The lowest BCUT2D eigenvalue weighted by Gasteiger charge is -2.15. The lowest BCUT2D eigenvalue weighted by molar-refractivity contribution is -0.108. The molecule has 112 valence electrons. The molecule has 0 fully saturated rings. The van der Waals surface area contributed by atoms with Crippen molar-refractivity contribution >= 4 is 18.0 Å². The molecule has 2 rings (SSSR count). The quantitative estimate of drug-likeness (QED) is 0.623. The highest BCUT2D eigenvalue weighted by Gasteiger charge is 2.21. The van der Waals surface area contributed by atoms with E-state index in [2.05, 4.69) is 4.98 Å². The van der Waals surface area contributed by atoms with Crippen LogP contribution in [0.2, 0.25) is 0 Å². The van der Waals surface area contributed by atoms with E-state index in [-0.39, 0.29) is 23.4 Å². The van der Waals surface area contributed by atoms with E-state index in [0.717, 1.165) is 4.90 Å². The maximum Gasteiger partial charge on any atom is 0.273 e. The number of nitrogens with zero attached hydrogens (tertiary/aromatic N) is 2. The van der Waals surface area contributed by atoms with Crippen molar-refractivity contribution in [1.82, 2.24) is 9.88 Å². The SMILES string of the molecule is CN(CC=O)C(=O)c1ncccc1C(=O)c1ccc(F)cc1. The fraction of sp³-hybridized carbons (Fsp3) is 0.125. The van der Waals surface area contributed by atoms with Crippen LogP contribution in [0.1, 0.15) is 26.4 Å². The molecule has 6 heteroatoms. The fourth-order valence-corrected chi connectivity index (χ4v) is 1.89. The van der Waals surface area contributed by atoms with Crippen molar-refractivity contribution in [2.24, 2.45) is 0 Å². The van der Waals surface area contributed by atoms with E-state index in [1.54, 1.807) is 0 Å². The van der Waals surface area contributed by atoms with Crippen LogP contribution in [0.3, 0.4) is 0 Å². The van der Waals surface area contributed by atoms with Gasteiger partial charge < -0.3 is 9.69 Å². The van der Waals surface area contributed by atoms with Gasteiger partial charge in [-0.05, 0) is 36.4 Å². The first-order chi connectivity index (χ1) is 10.5. The summed E-state index contributed by atoms with van der Waals surface area (Å²) < 4.78 is 12.9. The zero-order valence-corrected chi connectivity index (χ0v) is 11.8. The highest BCUT2D eigenvalue weighted by Crippen LogP contribution is 2.15. The van der Waals surface area contributed by atoms with E-state index in [1.807, 2.05) is 0 Å². The summed E-state index contributed by atoms with van der Waals surface area (Å²) in [7, 11) is 1.44. The van der Waals surface area contributed by atoms with E-state index >= 15 is 0 Å². The van der Waals surface area contributed by atoms with E-state index in [1.165, 1.54) is 49.6 Å². The van der Waals surface area contributed by atoms with Crippen molar-refractivity contribution < 1.29 is 18.8 Å². The molecule has 2 aromatic rings. The van der Waals surface area contributed by atoms with Crippen LogP contribution in [0.4, 0.5) is 4.39 Å². The van der Waals surface area contributed by atoms with Gasteiger partial charge in [0, 0.05) is 18.8 Å². The molecule has 0 spiro atoms. The van der Waals surface area contributed by atoms with Gasteiger partial charge in [0.05, 0.1) is 12.1 Å². The molecular weight excluding hydrogens is 287 g/mol. The molecule has 0 atom stereocenters. The van der Waals surface area contributed by atoms with Gasteiger partial charge in [0.1, 0.15) is 17.8 Å². The van der Waals surface area contributed by atoms with Crippen molar-refractivity contribution in [3.05, 3.63) is 65.2 Å². The Labute approximate surface area is 126 Å². The molecule has 0 radical (unpaired) electrons. The first-order valence-corrected chi connectivity index (χ1v) is 6.49. The largest absolute Gasteiger partial charge is 0.333 e. The fourth-order valence-electron chi connectivity index (χ4n) is 1.89. The van der Waals surface area contributed by atoms with Crippen molar-refractivity contribution in [2.75, 3.05) is 13.6 Å². The van der Waals surface area contributed by atoms with Gasteiger partial charge in [0.15, 0.2) is 5.78 Å². The second-order valence-electron chi connectivity index (χ2n) is 4.59. The number of hydrogen-bond donors (Lipinski definition) is 0. The molecule has 0 aliphatic carbocycles. The van der Waals surface area contributed by atoms with Crippen LogP contribution in [-0.2, 0) is 4.79 Å². The van der Waals surface area contributed by atoms with Crippen molar-refractivity contribution in [1.29, 1.82) is 0 Å². The highest BCUT2D eigenvalue weighted by atomic mass is 19.1. The molecule has 0 bridgehead atoms. The minimum Gasteiger partial charge on any atom is -0.333 e. The summed E-state index contributed by atoms with van der Waals surface area (Å²) >= 11 is 0. The van der Waals surface area contributed by atoms with Gasteiger partial charge in [-0.2, -0.15) is 0 Å². The Hall–Kier alpha value is -2.89. The number of likely N-dealkylation sites (N-methyl/N-ethyl adjacent to an activating group) is 1. The van der Waals surface area contributed by atoms with E-state index in [9.17, 15) is 18.8 Å². The summed E-state index contributed by atoms with van der Waals surface area (Å²) in [5, 5.41) is 0. The second kappa shape index (κ2) is 6.71. The molecule has 22 heavy (non-hydrogen) atoms. The summed E-state index contributed by atoms with van der Waals surface area (Å²) in [6.45, 7) is -0.0976. The number of halogens is 1. The van der Waals surface area contributed by atoms with E-state index < -0.39 is 17.5 Å². The molecule has 5 nitrogen and oxygen atoms in total. The summed E-state index contributed by atoms with van der Waals surface area (Å²) in [6, 6.07) is 8.03. The van der Waals surface area contributed by atoms with Crippen molar-refractivity contribution in [3.63, 3.8) is 0 Å². The lowest BCUT2D eigenvalue weighted by Crippen LogP contribution is -2.30. The maximum atomic E-state index is 12.9. The Balaban J connectivity index is 2.39. The molecule has 0 unspecified atom stereocenters. The van der Waals surface area contributed by atoms with Crippen LogP contribution in [0, 0.1) is 5.82 Å². The summed E-state index contributed by atoms with van der Waals surface area (Å²) in [5.74, 6) is -1.42. The zero-order chi connectivity index (χ0) is 16.1. The lowest BCUT2D eigenvalue weighted by atomic mass is 10.0. The van der Waals surface area contributed by atoms with Gasteiger partial charge in [0.25, 0.3) is 5.91 Å². The van der Waals surface area contributed by atoms with Gasteiger partial charge in [-0.25, -0.2) is 4.39 Å². The summed E-state index contributed by atoms with van der Waals surface area (Å²) in [5.41, 5.74) is 0.319. The number of aldehydes is 1. The Morgan fingerprint density at radius 1 is 1.23 bits per heavy atom. The summed E-state index contributed by atoms with van der Waals surface area (Å²) in [6.07, 6.45) is 1.98. The topological polar surface area (TPSA) is 67.3 Å². The van der Waals surface area contributed by atoms with E-state index in [4.69, 9.17) is 0 Å². The van der Waals surface area contributed by atoms with Crippen LogP contribution in [0.15, 0.2) is 42.6 Å². The smallest absolute Gasteiger partial charge is 0.273 e. The normalized spacial score (nSPS) is 10.1. The Morgan fingerprint density at radius 3 is 2.55 bits per heavy atom. The second-order valence-corrected chi connectivity index (χ2v) is 4.59. The molecule has 1 aromatic carbocycles. The molecule has 0 saturated heterocycles. The number of hydrogen-bond acceptors (Lipinski definition) is 4. The van der Waals surface area contributed by atoms with Gasteiger partial charge in [-0.1, -0.05) is 0 Å². The molecule has 1 amide bonds. The maximum absolute atomic E-state index is 12.9. The Bertz CT molecular complexity index is 714. The third-order valence-electron chi connectivity index (χ3n) is 3.06. The Kier molecular flexibility index (Phi) is 4.73. The van der Waals surface area contributed by atoms with E-state index in [0.29, 0.717) is 6.29 Å². The Morgan fingerprint density at radius 2 is 1.91 bits per heavy atom. The van der Waals surface area contributed by atoms with Gasteiger partial charge >= 0.3 is 0 Å². The number of pyridine rings is 1. The predicted molar refractivity (Wildman–Crippen MR) is 77.1 cm³/mol. The van der Waals surface area contributed by atoms with Gasteiger partial charge in [0.2, 0.25) is 0 Å². The molecular formula is C16H13FN2O3. The first-order valence-electron chi connectivity index (χ1n) is 6.49. The van der Waals surface area contributed by atoms with Crippen LogP contribution in [-0.4, -0.2) is 41.5 Å². The van der Waals surface area contributed by atoms with Crippen LogP contribution < -0.4 is 0 Å². The standard InChI is InChI=1S/C16H13FN2O3/c1-19(9-10-20)16(22)14-13(3-2-8-18-14)15(21)11-4-6-12(17)7-5-11/h2-8,10H,9H2,1H3. The number of carbonyl (C=O) groups excluding carboxylic acids is 3. The number of benzene rings is 1. The zero-order valence-electron chi connectivity index (χ0n) is 11.8. The average Bonchev–Trinajstić information content (AvgIpc) is 2.54. The third-order valence-corrected chi connectivity index (χ3v) is 3.06. The monoisotopic (exact) mass is 300 g/mol. The molecule has 1 aromatic heterocycles. The minimum absolute atomic E-state index is 0.0406. The number of rotatable bonds is 5. The third kappa shape index (κ3) is 3.22. The number of carbonyl (C=O) groups is 3. The van der Waals surface area contributed by atoms with Crippen molar-refractivity contribution in [3.8, 4) is 0 Å². The minimum atomic E-state index is -0.529. The van der Waals surface area contributed by atoms with Crippen LogP contribution >= 0.6 is 0 Å².